The van der Waals surface area contributed by atoms with E-state index in [1.807, 2.05) is 30.3 Å². The first-order valence-electron chi connectivity index (χ1n) is 7.06. The smallest absolute Gasteiger partial charge is 0.320 e. The van der Waals surface area contributed by atoms with Gasteiger partial charge in [-0.25, -0.2) is 0 Å². The summed E-state index contributed by atoms with van der Waals surface area (Å²) in [5.74, 6) is -1.23. The Morgan fingerprint density at radius 2 is 1.77 bits per heavy atom. The molecule has 0 aliphatic heterocycles. The minimum atomic E-state index is -0.900. The van der Waals surface area contributed by atoms with Gasteiger partial charge in [-0.2, -0.15) is 0 Å². The molecule has 0 fully saturated rings. The van der Waals surface area contributed by atoms with E-state index >= 15 is 0 Å². The van der Waals surface area contributed by atoms with Gasteiger partial charge in [-0.3, -0.25) is 9.59 Å². The zero-order valence-electron chi connectivity index (χ0n) is 13.2. The Morgan fingerprint density at radius 3 is 2.36 bits per heavy atom. The fourth-order valence-electron chi connectivity index (χ4n) is 2.00. The number of hydrogen-bond donors (Lipinski definition) is 0. The fraction of sp³-hybridized carbons (Fsp3) is 0.412. The average molecular weight is 306 g/mol. The highest BCUT2D eigenvalue weighted by Crippen LogP contribution is 2.14. The minimum Gasteiger partial charge on any atom is -0.497 e. The molecule has 0 aromatic heterocycles. The van der Waals surface area contributed by atoms with Crippen molar-refractivity contribution in [2.24, 2.45) is 5.92 Å². The van der Waals surface area contributed by atoms with Crippen LogP contribution in [0.25, 0.3) is 0 Å². The zero-order chi connectivity index (χ0) is 16.4. The lowest BCUT2D eigenvalue weighted by Crippen LogP contribution is -2.25. The van der Waals surface area contributed by atoms with E-state index in [9.17, 15) is 9.59 Å². The van der Waals surface area contributed by atoms with Crippen molar-refractivity contribution in [2.45, 2.75) is 19.3 Å². The van der Waals surface area contributed by atoms with Gasteiger partial charge in [0.1, 0.15) is 5.75 Å². The van der Waals surface area contributed by atoms with Crippen LogP contribution in [0.1, 0.15) is 18.4 Å². The summed E-state index contributed by atoms with van der Waals surface area (Å²) in [7, 11) is 4.15. The molecule has 0 aliphatic carbocycles. The maximum Gasteiger partial charge on any atom is 0.320 e. The second-order valence-electron chi connectivity index (χ2n) is 4.70. The number of hydrogen-bond acceptors (Lipinski definition) is 5. The van der Waals surface area contributed by atoms with Crippen LogP contribution in [0.15, 0.2) is 36.4 Å². The summed E-state index contributed by atoms with van der Waals surface area (Å²) in [5, 5.41) is 0. The van der Waals surface area contributed by atoms with E-state index < -0.39 is 17.9 Å². The molecule has 0 saturated heterocycles. The largest absolute Gasteiger partial charge is 0.497 e. The first kappa shape index (κ1) is 17.8. The van der Waals surface area contributed by atoms with Gasteiger partial charge in [0.15, 0.2) is 5.92 Å². The van der Waals surface area contributed by atoms with Crippen LogP contribution in [-0.2, 0) is 25.5 Å². The highest BCUT2D eigenvalue weighted by Gasteiger charge is 2.26. The molecule has 0 aliphatic rings. The van der Waals surface area contributed by atoms with E-state index in [0.717, 1.165) is 18.6 Å². The minimum absolute atomic E-state index is 0.275. The van der Waals surface area contributed by atoms with E-state index in [1.54, 1.807) is 13.2 Å². The van der Waals surface area contributed by atoms with Gasteiger partial charge < -0.3 is 14.2 Å². The molecule has 0 spiro atoms. The van der Waals surface area contributed by atoms with E-state index in [4.69, 9.17) is 4.74 Å². The maximum absolute atomic E-state index is 11.5. The second-order valence-corrected chi connectivity index (χ2v) is 4.70. The molecule has 0 bridgehead atoms. The topological polar surface area (TPSA) is 61.8 Å². The van der Waals surface area contributed by atoms with E-state index in [-0.39, 0.29) is 6.42 Å². The zero-order valence-corrected chi connectivity index (χ0v) is 13.2. The van der Waals surface area contributed by atoms with Crippen LogP contribution in [0.5, 0.6) is 5.75 Å². The number of esters is 2. The molecule has 1 aromatic carbocycles. The van der Waals surface area contributed by atoms with Crippen molar-refractivity contribution in [1.29, 1.82) is 0 Å². The number of allylic oxidation sites excluding steroid dienone is 2. The van der Waals surface area contributed by atoms with Gasteiger partial charge in [-0.1, -0.05) is 24.3 Å². The second kappa shape index (κ2) is 9.60. The molecule has 5 heteroatoms. The van der Waals surface area contributed by atoms with Gasteiger partial charge in [0.05, 0.1) is 21.3 Å². The summed E-state index contributed by atoms with van der Waals surface area (Å²) in [6, 6.07) is 7.86. The molecule has 22 heavy (non-hydrogen) atoms. The van der Waals surface area contributed by atoms with Gasteiger partial charge in [0.2, 0.25) is 0 Å². The van der Waals surface area contributed by atoms with Gasteiger partial charge in [-0.15, -0.1) is 0 Å². The molecule has 0 amide bonds. The first-order valence-corrected chi connectivity index (χ1v) is 7.06. The van der Waals surface area contributed by atoms with E-state index in [1.165, 1.54) is 19.8 Å². The maximum atomic E-state index is 11.5. The lowest BCUT2D eigenvalue weighted by molar-refractivity contribution is -0.158. The molecular formula is C17H22O5. The molecule has 0 unspecified atom stereocenters. The van der Waals surface area contributed by atoms with Crippen molar-refractivity contribution >= 4 is 11.9 Å². The molecule has 0 heterocycles. The lowest BCUT2D eigenvalue weighted by Gasteiger charge is -2.09. The van der Waals surface area contributed by atoms with Crippen molar-refractivity contribution in [3.05, 3.63) is 42.0 Å². The number of carbonyl (C=O) groups is 2. The van der Waals surface area contributed by atoms with E-state index in [0.29, 0.717) is 0 Å². The Hall–Kier alpha value is -2.30. The normalized spacial score (nSPS) is 10.7. The Labute approximate surface area is 130 Å². The summed E-state index contributed by atoms with van der Waals surface area (Å²) in [5.41, 5.74) is 1.17. The van der Waals surface area contributed by atoms with Crippen molar-refractivity contribution in [3.63, 3.8) is 0 Å². The number of carbonyl (C=O) groups excluding carboxylic acids is 2. The van der Waals surface area contributed by atoms with Gasteiger partial charge in [0.25, 0.3) is 0 Å². The summed E-state index contributed by atoms with van der Waals surface area (Å²) < 4.78 is 14.4. The third kappa shape index (κ3) is 5.60. The Kier molecular flexibility index (Phi) is 7.75. The molecule has 1 rings (SSSR count). The molecule has 0 saturated carbocycles. The molecule has 5 nitrogen and oxygen atoms in total. The van der Waals surface area contributed by atoms with Crippen LogP contribution in [0, 0.1) is 5.92 Å². The standard InChI is InChI=1S/C17H22O5/c1-20-14-10-7-9-13(12-14)8-5-4-6-11-15(16(18)21-2)17(19)22-3/h4,6-7,9-10,12,15H,5,8,11H2,1-3H3/b6-4+. The SMILES string of the molecule is COC(=O)C(C/C=C/CCc1cccc(OC)c1)C(=O)OC. The Bertz CT molecular complexity index is 506. The Balaban J connectivity index is 2.47. The number of rotatable bonds is 8. The highest BCUT2D eigenvalue weighted by atomic mass is 16.5. The van der Waals surface area contributed by atoms with Crippen molar-refractivity contribution in [2.75, 3.05) is 21.3 Å². The highest BCUT2D eigenvalue weighted by molar-refractivity contribution is 5.94. The van der Waals surface area contributed by atoms with Crippen LogP contribution >= 0.6 is 0 Å². The van der Waals surface area contributed by atoms with Crippen LogP contribution in [-0.4, -0.2) is 33.3 Å². The van der Waals surface area contributed by atoms with Crippen LogP contribution in [0.2, 0.25) is 0 Å². The summed E-state index contributed by atoms with van der Waals surface area (Å²) in [6.45, 7) is 0. The summed E-state index contributed by atoms with van der Waals surface area (Å²) >= 11 is 0. The molecule has 0 N–H and O–H groups in total. The fourth-order valence-corrected chi connectivity index (χ4v) is 2.00. The third-order valence-corrected chi connectivity index (χ3v) is 3.24. The quantitative estimate of drug-likeness (QED) is 0.419. The van der Waals surface area contributed by atoms with Crippen LogP contribution in [0.4, 0.5) is 0 Å². The van der Waals surface area contributed by atoms with Gasteiger partial charge in [-0.05, 0) is 37.0 Å². The lowest BCUT2D eigenvalue weighted by atomic mass is 10.0. The number of benzene rings is 1. The molecule has 1 aromatic rings. The van der Waals surface area contributed by atoms with Crippen molar-refractivity contribution in [3.8, 4) is 5.75 Å². The number of methoxy groups -OCH3 is 3. The predicted molar refractivity (Wildman–Crippen MR) is 82.6 cm³/mol. The molecule has 0 atom stereocenters. The number of aryl methyl sites for hydroxylation is 1. The van der Waals surface area contributed by atoms with E-state index in [2.05, 4.69) is 9.47 Å². The summed E-state index contributed by atoms with van der Waals surface area (Å²) in [4.78, 5) is 23.0. The predicted octanol–water partition coefficient (Wildman–Crippen LogP) is 2.54. The average Bonchev–Trinajstić information content (AvgIpc) is 2.57. The first-order chi connectivity index (χ1) is 10.6. The summed E-state index contributed by atoms with van der Waals surface area (Å²) in [6.07, 6.45) is 5.69. The van der Waals surface area contributed by atoms with Gasteiger partial charge >= 0.3 is 11.9 Å². The van der Waals surface area contributed by atoms with Crippen molar-refractivity contribution in [1.82, 2.24) is 0 Å². The number of ether oxygens (including phenoxy) is 3. The van der Waals surface area contributed by atoms with Gasteiger partial charge in [0, 0.05) is 0 Å². The van der Waals surface area contributed by atoms with Crippen molar-refractivity contribution < 1.29 is 23.8 Å². The molecule has 120 valence electrons. The molecule has 0 radical (unpaired) electrons. The Morgan fingerprint density at radius 1 is 1.09 bits per heavy atom. The monoisotopic (exact) mass is 306 g/mol. The van der Waals surface area contributed by atoms with Crippen LogP contribution in [0.3, 0.4) is 0 Å². The van der Waals surface area contributed by atoms with Crippen LogP contribution < -0.4 is 4.74 Å². The third-order valence-electron chi connectivity index (χ3n) is 3.24. The molecular weight excluding hydrogens is 284 g/mol.